The summed E-state index contributed by atoms with van der Waals surface area (Å²) >= 11 is 6.44. The Kier molecular flexibility index (Phi) is 7.04. The second kappa shape index (κ2) is 10.9. The van der Waals surface area contributed by atoms with Crippen molar-refractivity contribution in [2.24, 2.45) is 17.8 Å². The van der Waals surface area contributed by atoms with E-state index >= 15 is 0 Å². The minimum absolute atomic E-state index is 0.0981. The Hall–Kier alpha value is -4.43. The minimum Gasteiger partial charge on any atom is -0.487 e. The largest absolute Gasteiger partial charge is 0.487 e. The summed E-state index contributed by atoms with van der Waals surface area (Å²) in [5, 5.41) is 11.7. The van der Waals surface area contributed by atoms with Crippen LogP contribution >= 0.6 is 11.6 Å². The molecule has 0 spiro atoms. The van der Waals surface area contributed by atoms with Crippen molar-refractivity contribution in [3.8, 4) is 5.75 Å². The zero-order valence-corrected chi connectivity index (χ0v) is 24.7. The fraction of sp³-hybridized carbons (Fsp3) is 0.314. The van der Waals surface area contributed by atoms with Gasteiger partial charge in [-0.3, -0.25) is 14.9 Å². The van der Waals surface area contributed by atoms with Gasteiger partial charge in [0.25, 0.3) is 11.8 Å². The zero-order chi connectivity index (χ0) is 30.6. The average molecular weight is 611 g/mol. The second-order valence-electron chi connectivity index (χ2n) is 12.7. The van der Waals surface area contributed by atoms with Crippen molar-refractivity contribution in [1.82, 2.24) is 5.32 Å². The quantitative estimate of drug-likeness (QED) is 0.226. The van der Waals surface area contributed by atoms with Crippen LogP contribution in [0.1, 0.15) is 65.6 Å². The molecule has 4 bridgehead atoms. The lowest BCUT2D eigenvalue weighted by Gasteiger charge is -2.57. The summed E-state index contributed by atoms with van der Waals surface area (Å²) in [5.41, 5.74) is 2.98. The number of amides is 4. The van der Waals surface area contributed by atoms with Crippen LogP contribution in [-0.4, -0.2) is 28.9 Å². The molecule has 1 saturated heterocycles. The van der Waals surface area contributed by atoms with E-state index in [0.29, 0.717) is 22.6 Å². The highest BCUT2D eigenvalue weighted by Crippen LogP contribution is 2.60. The number of rotatable bonds is 7. The van der Waals surface area contributed by atoms with Gasteiger partial charge in [0, 0.05) is 0 Å². The lowest BCUT2D eigenvalue weighted by Crippen LogP contribution is -2.54. The molecule has 0 atom stereocenters. The molecular formula is C35H31ClN2O6. The molecule has 1 heterocycles. The highest BCUT2D eigenvalue weighted by molar-refractivity contribution is 6.39. The number of carbonyl (C=O) groups excluding carboxylic acids is 3. The Balaban J connectivity index is 1.08. The molecule has 4 amide bonds. The third-order valence-corrected chi connectivity index (χ3v) is 10.0. The van der Waals surface area contributed by atoms with Crippen LogP contribution in [0.25, 0.3) is 6.08 Å². The predicted octanol–water partition coefficient (Wildman–Crippen LogP) is 6.75. The SMILES string of the molecule is O=C1NC(=O)N(c2ccc(C34CC5CC(CC(C5)C3)C4)cc2)C(=O)/C1=C/c1ccc(OCc2cccc(C(=O)O)c2)c(Cl)c1. The van der Waals surface area contributed by atoms with Crippen LogP contribution < -0.4 is 15.0 Å². The number of urea groups is 1. The van der Waals surface area contributed by atoms with Crippen LogP contribution in [-0.2, 0) is 21.6 Å². The highest BCUT2D eigenvalue weighted by Gasteiger charge is 2.51. The second-order valence-corrected chi connectivity index (χ2v) is 13.1. The van der Waals surface area contributed by atoms with Crippen molar-refractivity contribution in [2.45, 2.75) is 50.5 Å². The summed E-state index contributed by atoms with van der Waals surface area (Å²) in [6.45, 7) is 0.0981. The van der Waals surface area contributed by atoms with Gasteiger partial charge in [-0.05, 0) is 121 Å². The average Bonchev–Trinajstić information content (AvgIpc) is 2.98. The molecule has 3 aromatic rings. The number of benzene rings is 3. The fourth-order valence-corrected chi connectivity index (χ4v) is 8.41. The van der Waals surface area contributed by atoms with Gasteiger partial charge < -0.3 is 9.84 Å². The molecule has 44 heavy (non-hydrogen) atoms. The number of imide groups is 2. The van der Waals surface area contributed by atoms with Gasteiger partial charge in [-0.25, -0.2) is 14.5 Å². The minimum atomic E-state index is -1.03. The van der Waals surface area contributed by atoms with Crippen molar-refractivity contribution in [3.63, 3.8) is 0 Å². The van der Waals surface area contributed by atoms with Crippen molar-refractivity contribution in [1.29, 1.82) is 0 Å². The molecular weight excluding hydrogens is 580 g/mol. The molecule has 4 saturated carbocycles. The highest BCUT2D eigenvalue weighted by atomic mass is 35.5. The third kappa shape index (κ3) is 5.17. The van der Waals surface area contributed by atoms with Crippen LogP contribution in [0.5, 0.6) is 5.75 Å². The first kappa shape index (κ1) is 28.3. The number of halogens is 1. The first-order chi connectivity index (χ1) is 21.2. The Morgan fingerprint density at radius 1 is 0.955 bits per heavy atom. The number of hydrogen-bond acceptors (Lipinski definition) is 5. The number of carbonyl (C=O) groups is 4. The first-order valence-corrected chi connectivity index (χ1v) is 15.3. The topological polar surface area (TPSA) is 113 Å². The first-order valence-electron chi connectivity index (χ1n) is 14.9. The monoisotopic (exact) mass is 610 g/mol. The number of barbiturate groups is 1. The summed E-state index contributed by atoms with van der Waals surface area (Å²) in [6, 6.07) is 18.2. The molecule has 5 fully saturated rings. The van der Waals surface area contributed by atoms with E-state index in [2.05, 4.69) is 17.4 Å². The molecule has 9 heteroatoms. The molecule has 8 nitrogen and oxygen atoms in total. The lowest BCUT2D eigenvalue weighted by molar-refractivity contribution is -0.122. The number of carboxylic acid groups (broad SMARTS) is 1. The van der Waals surface area contributed by atoms with E-state index < -0.39 is 23.8 Å². The molecule has 4 aliphatic carbocycles. The van der Waals surface area contributed by atoms with E-state index in [1.807, 2.05) is 12.1 Å². The molecule has 0 unspecified atom stereocenters. The fourth-order valence-electron chi connectivity index (χ4n) is 8.17. The summed E-state index contributed by atoms with van der Waals surface area (Å²) in [4.78, 5) is 51.3. The molecule has 8 rings (SSSR count). The number of hydrogen-bond donors (Lipinski definition) is 2. The van der Waals surface area contributed by atoms with Gasteiger partial charge in [-0.15, -0.1) is 0 Å². The van der Waals surface area contributed by atoms with E-state index in [9.17, 15) is 24.3 Å². The smallest absolute Gasteiger partial charge is 0.335 e. The maximum Gasteiger partial charge on any atom is 0.335 e. The van der Waals surface area contributed by atoms with E-state index in [0.717, 1.165) is 22.7 Å². The maximum atomic E-state index is 13.5. The van der Waals surface area contributed by atoms with Gasteiger partial charge in [0.1, 0.15) is 17.9 Å². The molecule has 0 radical (unpaired) electrons. The van der Waals surface area contributed by atoms with Crippen LogP contribution in [0.15, 0.2) is 72.3 Å². The number of carboxylic acids is 1. The lowest BCUT2D eigenvalue weighted by atomic mass is 9.48. The zero-order valence-electron chi connectivity index (χ0n) is 23.9. The van der Waals surface area contributed by atoms with E-state index in [1.54, 1.807) is 30.3 Å². The Bertz CT molecular complexity index is 1690. The van der Waals surface area contributed by atoms with E-state index in [4.69, 9.17) is 16.3 Å². The van der Waals surface area contributed by atoms with Gasteiger partial charge in [0.2, 0.25) is 0 Å². The maximum absolute atomic E-state index is 13.5. The third-order valence-electron chi connectivity index (χ3n) is 9.71. The Labute approximate surface area is 259 Å². The van der Waals surface area contributed by atoms with Gasteiger partial charge >= 0.3 is 12.0 Å². The summed E-state index contributed by atoms with van der Waals surface area (Å²) in [5.74, 6) is 0.243. The number of anilines is 1. The van der Waals surface area contributed by atoms with Crippen LogP contribution in [0, 0.1) is 17.8 Å². The summed E-state index contributed by atoms with van der Waals surface area (Å²) < 4.78 is 5.78. The number of aromatic carboxylic acids is 1. The van der Waals surface area contributed by atoms with Gasteiger partial charge in [0.15, 0.2) is 0 Å². The van der Waals surface area contributed by atoms with E-state index in [1.165, 1.54) is 62.3 Å². The molecule has 5 aliphatic rings. The van der Waals surface area contributed by atoms with Crippen molar-refractivity contribution in [2.75, 3.05) is 4.90 Å². The number of ether oxygens (including phenoxy) is 1. The summed E-state index contributed by atoms with van der Waals surface area (Å²) in [6.07, 6.45) is 9.10. The molecule has 3 aromatic carbocycles. The Morgan fingerprint density at radius 2 is 1.64 bits per heavy atom. The summed E-state index contributed by atoms with van der Waals surface area (Å²) in [7, 11) is 0. The Morgan fingerprint density at radius 3 is 2.27 bits per heavy atom. The molecule has 2 N–H and O–H groups in total. The van der Waals surface area contributed by atoms with Gasteiger partial charge in [-0.2, -0.15) is 0 Å². The van der Waals surface area contributed by atoms with E-state index in [-0.39, 0.29) is 28.2 Å². The molecule has 224 valence electrons. The van der Waals surface area contributed by atoms with Crippen LogP contribution in [0.2, 0.25) is 5.02 Å². The number of nitrogens with one attached hydrogen (secondary N) is 1. The number of nitrogens with zero attached hydrogens (tertiary/aromatic N) is 1. The predicted molar refractivity (Wildman–Crippen MR) is 164 cm³/mol. The van der Waals surface area contributed by atoms with Crippen molar-refractivity contribution in [3.05, 3.63) is 99.6 Å². The molecule has 1 aliphatic heterocycles. The normalized spacial score (nSPS) is 26.7. The van der Waals surface area contributed by atoms with Crippen molar-refractivity contribution < 1.29 is 29.0 Å². The molecule has 0 aromatic heterocycles. The van der Waals surface area contributed by atoms with Gasteiger partial charge in [0.05, 0.1) is 16.3 Å². The van der Waals surface area contributed by atoms with Crippen molar-refractivity contribution >= 4 is 47.2 Å². The van der Waals surface area contributed by atoms with Gasteiger partial charge in [-0.1, -0.05) is 41.9 Å². The van der Waals surface area contributed by atoms with Crippen LogP contribution in [0.4, 0.5) is 10.5 Å². The standard InChI is InChI=1S/C35H31ClN2O6/c36-29-15-20(4-9-30(29)44-19-21-2-1-3-25(13-21)33(41)42)14-28-31(39)37-34(43)38(32(28)40)27-7-5-26(6-8-27)35-16-22-10-23(17-35)12-24(11-22)18-35/h1-9,13-15,22-24H,10-12,16-19H2,(H,41,42)(H,37,39,43)/b28-14+. The van der Waals surface area contributed by atoms with Crippen LogP contribution in [0.3, 0.4) is 0 Å².